The van der Waals surface area contributed by atoms with Gasteiger partial charge in [0, 0.05) is 23.7 Å². The fourth-order valence-corrected chi connectivity index (χ4v) is 1.25. The molecule has 2 atom stereocenters. The van der Waals surface area contributed by atoms with Gasteiger partial charge in [0.2, 0.25) is 5.95 Å². The molecule has 1 saturated carbocycles. The maximum absolute atomic E-state index is 12.9. The number of halogens is 1. The van der Waals surface area contributed by atoms with Crippen LogP contribution in [0.2, 0.25) is 0 Å². The molecule has 11 heavy (non-hydrogen) atoms. The number of nitrogens with zero attached hydrogens (tertiary/aromatic N) is 1. The topological polar surface area (TPSA) is 38.9 Å². The molecule has 0 bridgehead atoms. The molecule has 0 aliphatic heterocycles. The number of aromatic nitrogens is 1. The van der Waals surface area contributed by atoms with Crippen LogP contribution in [-0.2, 0) is 0 Å². The summed E-state index contributed by atoms with van der Waals surface area (Å²) in [6, 6.07) is 3.64. The van der Waals surface area contributed by atoms with Crippen molar-refractivity contribution in [2.75, 3.05) is 0 Å². The van der Waals surface area contributed by atoms with Crippen molar-refractivity contribution in [2.24, 2.45) is 5.73 Å². The van der Waals surface area contributed by atoms with E-state index in [1.807, 2.05) is 0 Å². The summed E-state index contributed by atoms with van der Waals surface area (Å²) in [4.78, 5) is 3.55. The quantitative estimate of drug-likeness (QED) is 0.610. The second-order valence-corrected chi connectivity index (χ2v) is 2.89. The molecular formula is C8H9FN2. The number of rotatable bonds is 1. The molecule has 0 spiro atoms. The molecule has 1 heterocycles. The third-order valence-corrected chi connectivity index (χ3v) is 2.03. The van der Waals surface area contributed by atoms with Crippen LogP contribution in [0.15, 0.2) is 18.3 Å². The van der Waals surface area contributed by atoms with Crippen LogP contribution >= 0.6 is 0 Å². The number of hydrogen-bond donors (Lipinski definition) is 1. The Morgan fingerprint density at radius 1 is 1.64 bits per heavy atom. The van der Waals surface area contributed by atoms with E-state index < -0.39 is 0 Å². The van der Waals surface area contributed by atoms with Crippen molar-refractivity contribution in [3.63, 3.8) is 0 Å². The third kappa shape index (κ3) is 1.12. The van der Waals surface area contributed by atoms with Gasteiger partial charge < -0.3 is 5.73 Å². The molecule has 0 saturated heterocycles. The summed E-state index contributed by atoms with van der Waals surface area (Å²) in [5.41, 5.74) is 6.24. The minimum atomic E-state index is -0.370. The van der Waals surface area contributed by atoms with E-state index >= 15 is 0 Å². The minimum Gasteiger partial charge on any atom is -0.327 e. The summed E-state index contributed by atoms with van der Waals surface area (Å²) < 4.78 is 12.9. The minimum absolute atomic E-state index is 0.147. The Hall–Kier alpha value is -0.960. The Kier molecular flexibility index (Phi) is 1.39. The zero-order valence-electron chi connectivity index (χ0n) is 6.00. The van der Waals surface area contributed by atoms with Gasteiger partial charge in [-0.05, 0) is 12.5 Å². The van der Waals surface area contributed by atoms with Crippen LogP contribution in [0.5, 0.6) is 0 Å². The van der Waals surface area contributed by atoms with Crippen molar-refractivity contribution in [2.45, 2.75) is 18.4 Å². The van der Waals surface area contributed by atoms with E-state index in [1.54, 1.807) is 12.1 Å². The molecule has 3 heteroatoms. The summed E-state index contributed by atoms with van der Waals surface area (Å²) in [7, 11) is 0. The molecule has 1 aliphatic rings. The number of pyridine rings is 1. The van der Waals surface area contributed by atoms with E-state index in [9.17, 15) is 4.39 Å². The van der Waals surface area contributed by atoms with Crippen LogP contribution in [-0.4, -0.2) is 11.0 Å². The van der Waals surface area contributed by atoms with Crippen LogP contribution in [0.25, 0.3) is 0 Å². The molecule has 1 aromatic heterocycles. The number of hydrogen-bond acceptors (Lipinski definition) is 2. The average molecular weight is 152 g/mol. The largest absolute Gasteiger partial charge is 0.327 e. The second kappa shape index (κ2) is 2.27. The van der Waals surface area contributed by atoms with Crippen LogP contribution in [0.1, 0.15) is 17.9 Å². The van der Waals surface area contributed by atoms with Gasteiger partial charge in [-0.25, -0.2) is 4.98 Å². The molecule has 0 amide bonds. The molecule has 2 unspecified atom stereocenters. The van der Waals surface area contributed by atoms with Gasteiger partial charge >= 0.3 is 0 Å². The van der Waals surface area contributed by atoms with E-state index in [0.29, 0.717) is 5.56 Å². The van der Waals surface area contributed by atoms with E-state index in [2.05, 4.69) is 4.98 Å². The fraction of sp³-hybridized carbons (Fsp3) is 0.375. The highest BCUT2D eigenvalue weighted by Gasteiger charge is 2.36. The Balaban J connectivity index is 2.31. The fourth-order valence-electron chi connectivity index (χ4n) is 1.25. The van der Waals surface area contributed by atoms with Crippen molar-refractivity contribution in [3.05, 3.63) is 29.8 Å². The van der Waals surface area contributed by atoms with Crippen molar-refractivity contribution in [1.82, 2.24) is 4.98 Å². The standard InChI is InChI=1S/C8H9FN2/c9-8-5(2-1-3-11-8)6-4-7(6)10/h1-3,6-7H,4,10H2. The Morgan fingerprint density at radius 3 is 2.91 bits per heavy atom. The smallest absolute Gasteiger partial charge is 0.216 e. The maximum Gasteiger partial charge on any atom is 0.216 e. The summed E-state index contributed by atoms with van der Waals surface area (Å²) in [5, 5.41) is 0. The highest BCUT2D eigenvalue weighted by Crippen LogP contribution is 2.39. The number of nitrogens with two attached hydrogens (primary N) is 1. The van der Waals surface area contributed by atoms with Crippen LogP contribution in [0, 0.1) is 5.95 Å². The normalized spacial score (nSPS) is 28.5. The Bertz CT molecular complexity index is 275. The van der Waals surface area contributed by atoms with E-state index in [0.717, 1.165) is 6.42 Å². The molecule has 2 rings (SSSR count). The predicted octanol–water partition coefficient (Wildman–Crippen LogP) is 1.04. The lowest BCUT2D eigenvalue weighted by atomic mass is 10.2. The van der Waals surface area contributed by atoms with Crippen LogP contribution < -0.4 is 5.73 Å². The lowest BCUT2D eigenvalue weighted by Gasteiger charge is -1.97. The second-order valence-electron chi connectivity index (χ2n) is 2.89. The lowest BCUT2D eigenvalue weighted by molar-refractivity contribution is 0.566. The first-order valence-electron chi connectivity index (χ1n) is 3.65. The van der Waals surface area contributed by atoms with Gasteiger partial charge in [-0.3, -0.25) is 0 Å². The SMILES string of the molecule is NC1CC1c1cccnc1F. The zero-order chi connectivity index (χ0) is 7.84. The van der Waals surface area contributed by atoms with Gasteiger partial charge in [0.25, 0.3) is 0 Å². The van der Waals surface area contributed by atoms with Gasteiger partial charge in [0.15, 0.2) is 0 Å². The molecule has 2 nitrogen and oxygen atoms in total. The monoisotopic (exact) mass is 152 g/mol. The summed E-state index contributed by atoms with van der Waals surface area (Å²) in [6.07, 6.45) is 2.34. The van der Waals surface area contributed by atoms with Crippen LogP contribution in [0.4, 0.5) is 4.39 Å². The van der Waals surface area contributed by atoms with Crippen molar-refractivity contribution in [1.29, 1.82) is 0 Å². The van der Waals surface area contributed by atoms with E-state index in [1.165, 1.54) is 6.20 Å². The van der Waals surface area contributed by atoms with E-state index in [4.69, 9.17) is 5.73 Å². The molecular weight excluding hydrogens is 143 g/mol. The summed E-state index contributed by atoms with van der Waals surface area (Å²) in [5.74, 6) is -0.158. The van der Waals surface area contributed by atoms with Gasteiger partial charge in [-0.1, -0.05) is 6.07 Å². The summed E-state index contributed by atoms with van der Waals surface area (Å²) >= 11 is 0. The third-order valence-electron chi connectivity index (χ3n) is 2.03. The average Bonchev–Trinajstić information content (AvgIpc) is 2.68. The molecule has 2 N–H and O–H groups in total. The zero-order valence-corrected chi connectivity index (χ0v) is 6.00. The molecule has 1 aliphatic carbocycles. The Labute approximate surface area is 64.2 Å². The highest BCUT2D eigenvalue weighted by molar-refractivity contribution is 5.25. The molecule has 1 fully saturated rings. The molecule has 0 aromatic carbocycles. The van der Waals surface area contributed by atoms with Gasteiger partial charge in [-0.15, -0.1) is 0 Å². The molecule has 0 radical (unpaired) electrons. The van der Waals surface area contributed by atoms with Crippen molar-refractivity contribution < 1.29 is 4.39 Å². The van der Waals surface area contributed by atoms with Crippen molar-refractivity contribution in [3.8, 4) is 0 Å². The maximum atomic E-state index is 12.9. The first-order chi connectivity index (χ1) is 5.29. The van der Waals surface area contributed by atoms with Gasteiger partial charge in [-0.2, -0.15) is 4.39 Å². The van der Waals surface area contributed by atoms with Crippen LogP contribution in [0.3, 0.4) is 0 Å². The molecule has 58 valence electrons. The Morgan fingerprint density at radius 2 is 2.36 bits per heavy atom. The van der Waals surface area contributed by atoms with Gasteiger partial charge in [0.05, 0.1) is 0 Å². The first-order valence-corrected chi connectivity index (χ1v) is 3.65. The first kappa shape index (κ1) is 6.73. The van der Waals surface area contributed by atoms with Gasteiger partial charge in [0.1, 0.15) is 0 Å². The lowest BCUT2D eigenvalue weighted by Crippen LogP contribution is -2.02. The van der Waals surface area contributed by atoms with Crippen molar-refractivity contribution >= 4 is 0 Å². The highest BCUT2D eigenvalue weighted by atomic mass is 19.1. The summed E-state index contributed by atoms with van der Waals surface area (Å²) in [6.45, 7) is 0. The predicted molar refractivity (Wildman–Crippen MR) is 39.5 cm³/mol. The van der Waals surface area contributed by atoms with E-state index in [-0.39, 0.29) is 17.9 Å². The molecule has 1 aromatic rings.